The lowest BCUT2D eigenvalue weighted by atomic mass is 9.43. The first-order chi connectivity index (χ1) is 19.0. The molecule has 7 heteroatoms. The van der Waals surface area contributed by atoms with Crippen molar-refractivity contribution >= 4 is 11.9 Å². The number of aliphatic hydroxyl groups excluding tert-OH is 3. The highest BCUT2D eigenvalue weighted by molar-refractivity contribution is 5.81. The smallest absolute Gasteiger partial charge is 0.325 e. The van der Waals surface area contributed by atoms with Crippen molar-refractivity contribution in [2.75, 3.05) is 6.54 Å². The van der Waals surface area contributed by atoms with Crippen LogP contribution in [0.5, 0.6) is 0 Å². The number of hydrogen-bond donors (Lipinski definition) is 4. The Morgan fingerprint density at radius 2 is 1.77 bits per heavy atom. The van der Waals surface area contributed by atoms with Crippen molar-refractivity contribution in [1.29, 1.82) is 0 Å². The Morgan fingerprint density at radius 3 is 2.52 bits per heavy atom. The molecule has 0 saturated heterocycles. The molecule has 5 rings (SSSR count). The van der Waals surface area contributed by atoms with Crippen molar-refractivity contribution in [3.63, 3.8) is 0 Å². The predicted molar refractivity (Wildman–Crippen MR) is 152 cm³/mol. The summed E-state index contributed by atoms with van der Waals surface area (Å²) < 4.78 is 5.25. The van der Waals surface area contributed by atoms with Crippen LogP contribution in [0.15, 0.2) is 30.3 Å². The number of rotatable bonds is 8. The van der Waals surface area contributed by atoms with Gasteiger partial charge in [-0.3, -0.25) is 9.59 Å². The minimum absolute atomic E-state index is 0.0650. The lowest BCUT2D eigenvalue weighted by molar-refractivity contribution is -0.207. The van der Waals surface area contributed by atoms with Crippen LogP contribution in [0.1, 0.15) is 84.1 Å². The van der Waals surface area contributed by atoms with Crippen LogP contribution < -0.4 is 5.32 Å². The number of amides is 1. The molecule has 7 nitrogen and oxygen atoms in total. The van der Waals surface area contributed by atoms with Gasteiger partial charge < -0.3 is 25.4 Å². The van der Waals surface area contributed by atoms with Gasteiger partial charge in [0.25, 0.3) is 0 Å². The Hall–Kier alpha value is -1.96. The minimum atomic E-state index is -0.453. The number of benzene rings is 1. The molecular weight excluding hydrogens is 506 g/mol. The lowest BCUT2D eigenvalue weighted by Gasteiger charge is -2.63. The van der Waals surface area contributed by atoms with E-state index in [4.69, 9.17) is 4.74 Å². The second-order valence-corrected chi connectivity index (χ2v) is 14.0. The van der Waals surface area contributed by atoms with Gasteiger partial charge in [0.15, 0.2) is 0 Å². The molecule has 40 heavy (non-hydrogen) atoms. The summed E-state index contributed by atoms with van der Waals surface area (Å²) in [4.78, 5) is 24.6. The van der Waals surface area contributed by atoms with Crippen molar-refractivity contribution in [1.82, 2.24) is 5.32 Å². The van der Waals surface area contributed by atoms with Gasteiger partial charge in [-0.05, 0) is 103 Å². The SMILES string of the molecule is C[C@H](CCC(=O)NCC(=O)OCc1ccccc1)[C@H]1CC[C@H]2[C@@H]3[C@H](O)CC4C[C@H](O)CC[C@]4(C)[C@H]3C[C@H](O)[C@]12C. The third-order valence-corrected chi connectivity index (χ3v) is 12.0. The van der Waals surface area contributed by atoms with Crippen LogP contribution in [0.3, 0.4) is 0 Å². The van der Waals surface area contributed by atoms with Gasteiger partial charge in [-0.2, -0.15) is 0 Å². The zero-order chi connectivity index (χ0) is 28.7. The van der Waals surface area contributed by atoms with Gasteiger partial charge in [-0.1, -0.05) is 51.1 Å². The normalized spacial score (nSPS) is 41.2. The maximum atomic E-state index is 12.6. The zero-order valence-corrected chi connectivity index (χ0v) is 24.4. The van der Waals surface area contributed by atoms with Gasteiger partial charge in [0, 0.05) is 6.42 Å². The molecule has 222 valence electrons. The van der Waals surface area contributed by atoms with Crippen LogP contribution in [0.2, 0.25) is 0 Å². The number of aliphatic hydroxyl groups is 3. The average Bonchev–Trinajstić information content (AvgIpc) is 3.30. The van der Waals surface area contributed by atoms with Crippen molar-refractivity contribution < 1.29 is 29.6 Å². The minimum Gasteiger partial charge on any atom is -0.460 e. The number of esters is 1. The van der Waals surface area contributed by atoms with E-state index >= 15 is 0 Å². The first-order valence-corrected chi connectivity index (χ1v) is 15.5. The van der Waals surface area contributed by atoms with E-state index in [1.165, 1.54) is 0 Å². The third-order valence-electron chi connectivity index (χ3n) is 12.0. The number of fused-ring (bicyclic) bond motifs is 5. The molecule has 1 unspecified atom stereocenters. The summed E-state index contributed by atoms with van der Waals surface area (Å²) in [6.45, 7) is 6.83. The standard InChI is InChI=1S/C33H49NO6/c1-20(9-12-29(38)34-18-30(39)40-19-21-7-5-4-6-8-21)24-10-11-25-31-26(17-28(37)33(24,25)3)32(2)14-13-23(35)15-22(32)16-27(31)36/h4-8,20,22-28,31,35-37H,9-19H2,1-3H3,(H,34,38)/t20-,22?,23-,24-,25+,26+,27-,28+,31+,32+,33-/m1/s1. The molecule has 4 aliphatic rings. The summed E-state index contributed by atoms with van der Waals surface area (Å²) in [5, 5.41) is 36.2. The van der Waals surface area contributed by atoms with Crippen molar-refractivity contribution in [3.05, 3.63) is 35.9 Å². The van der Waals surface area contributed by atoms with Crippen LogP contribution in [0.25, 0.3) is 0 Å². The van der Waals surface area contributed by atoms with Crippen molar-refractivity contribution in [2.45, 2.75) is 103 Å². The molecule has 0 aromatic heterocycles. The fourth-order valence-electron chi connectivity index (χ4n) is 9.74. The van der Waals surface area contributed by atoms with E-state index in [2.05, 4.69) is 26.1 Å². The van der Waals surface area contributed by atoms with Crippen LogP contribution in [0.4, 0.5) is 0 Å². The fraction of sp³-hybridized carbons (Fsp3) is 0.758. The largest absolute Gasteiger partial charge is 0.460 e. The van der Waals surface area contributed by atoms with Gasteiger partial charge in [0.05, 0.1) is 18.3 Å². The Kier molecular flexibility index (Phi) is 8.66. The Labute approximate surface area is 239 Å². The van der Waals surface area contributed by atoms with Gasteiger partial charge in [0.1, 0.15) is 13.2 Å². The summed E-state index contributed by atoms with van der Waals surface area (Å²) in [5.41, 5.74) is 0.689. The quantitative estimate of drug-likeness (QED) is 0.357. The van der Waals surface area contributed by atoms with Crippen molar-refractivity contribution in [2.24, 2.45) is 46.3 Å². The summed E-state index contributed by atoms with van der Waals surface area (Å²) in [5.74, 6) is 0.958. The van der Waals surface area contributed by atoms with E-state index in [0.717, 1.165) is 44.1 Å². The van der Waals surface area contributed by atoms with E-state index in [9.17, 15) is 24.9 Å². The summed E-state index contributed by atoms with van der Waals surface area (Å²) in [6, 6.07) is 9.46. The molecule has 0 spiro atoms. The molecule has 0 heterocycles. The molecule has 0 aliphatic heterocycles. The van der Waals surface area contributed by atoms with E-state index < -0.39 is 12.1 Å². The first kappa shape index (κ1) is 29.5. The average molecular weight is 556 g/mol. The highest BCUT2D eigenvalue weighted by Gasteiger charge is 2.65. The van der Waals surface area contributed by atoms with Gasteiger partial charge >= 0.3 is 5.97 Å². The van der Waals surface area contributed by atoms with Crippen molar-refractivity contribution in [3.8, 4) is 0 Å². The van der Waals surface area contributed by atoms with Gasteiger partial charge in [0.2, 0.25) is 5.91 Å². The fourth-order valence-corrected chi connectivity index (χ4v) is 9.74. The Bertz CT molecular complexity index is 1050. The predicted octanol–water partition coefficient (Wildman–Crippen LogP) is 4.22. The van der Waals surface area contributed by atoms with Gasteiger partial charge in [-0.25, -0.2) is 0 Å². The monoisotopic (exact) mass is 555 g/mol. The molecular formula is C33H49NO6. The molecule has 1 aromatic rings. The molecule has 4 fully saturated rings. The number of nitrogens with one attached hydrogen (secondary N) is 1. The van der Waals surface area contributed by atoms with Gasteiger partial charge in [-0.15, -0.1) is 0 Å². The highest BCUT2D eigenvalue weighted by Crippen LogP contribution is 2.68. The number of carbonyl (C=O) groups is 2. The van der Waals surface area contributed by atoms with E-state index in [1.54, 1.807) is 0 Å². The molecule has 4 N–H and O–H groups in total. The summed E-state index contributed by atoms with van der Waals surface area (Å²) in [6.07, 6.45) is 5.97. The number of hydrogen-bond acceptors (Lipinski definition) is 6. The lowest BCUT2D eigenvalue weighted by Crippen LogP contribution is -2.62. The molecule has 0 radical (unpaired) electrons. The highest BCUT2D eigenvalue weighted by atomic mass is 16.5. The second-order valence-electron chi connectivity index (χ2n) is 14.0. The Morgan fingerprint density at radius 1 is 1.02 bits per heavy atom. The number of ether oxygens (including phenoxy) is 1. The molecule has 1 aromatic carbocycles. The molecule has 0 bridgehead atoms. The molecule has 11 atom stereocenters. The van der Waals surface area contributed by atoms with E-state index in [1.807, 2.05) is 30.3 Å². The van der Waals surface area contributed by atoms with Crippen LogP contribution in [-0.4, -0.2) is 52.1 Å². The molecule has 1 amide bonds. The van der Waals surface area contributed by atoms with E-state index in [-0.39, 0.29) is 71.7 Å². The van der Waals surface area contributed by atoms with Crippen LogP contribution in [0, 0.1) is 46.3 Å². The maximum absolute atomic E-state index is 12.6. The van der Waals surface area contributed by atoms with E-state index in [0.29, 0.717) is 25.2 Å². The number of carbonyl (C=O) groups excluding carboxylic acids is 2. The second kappa shape index (κ2) is 11.7. The maximum Gasteiger partial charge on any atom is 0.325 e. The van der Waals surface area contributed by atoms with Crippen LogP contribution in [-0.2, 0) is 20.9 Å². The first-order valence-electron chi connectivity index (χ1n) is 15.5. The zero-order valence-electron chi connectivity index (χ0n) is 24.4. The molecule has 4 saturated carbocycles. The summed E-state index contributed by atoms with van der Waals surface area (Å²) >= 11 is 0. The van der Waals surface area contributed by atoms with Crippen LogP contribution >= 0.6 is 0 Å². The Balaban J connectivity index is 1.15. The molecule has 4 aliphatic carbocycles. The summed E-state index contributed by atoms with van der Waals surface area (Å²) in [7, 11) is 0. The third kappa shape index (κ3) is 5.46. The topological polar surface area (TPSA) is 116 Å².